The predicted octanol–water partition coefficient (Wildman–Crippen LogP) is 4.24. The van der Waals surface area contributed by atoms with Crippen molar-refractivity contribution < 1.29 is 0 Å². The molecule has 0 spiro atoms. The largest absolute Gasteiger partial charge is 0.233 e. The van der Waals surface area contributed by atoms with E-state index < -0.39 is 0 Å². The van der Waals surface area contributed by atoms with Crippen molar-refractivity contribution in [1.82, 2.24) is 0 Å². The molecule has 0 heteroatoms. The topological polar surface area (TPSA) is 0 Å². The van der Waals surface area contributed by atoms with Crippen LogP contribution in [0, 0.1) is 6.42 Å². The van der Waals surface area contributed by atoms with Crippen molar-refractivity contribution in [2.75, 3.05) is 0 Å². The molecule has 0 atom stereocenters. The molecule has 0 nitrogen and oxygen atoms in total. The van der Waals surface area contributed by atoms with Crippen LogP contribution in [0.15, 0.2) is 47.6 Å². The fraction of sp³-hybridized carbons (Fsp3) is 0.308. The Morgan fingerprint density at radius 3 is 2.38 bits per heavy atom. The summed E-state index contributed by atoms with van der Waals surface area (Å²) in [6, 6.07) is 0. The van der Waals surface area contributed by atoms with Crippen LogP contribution in [0.25, 0.3) is 0 Å². The molecule has 0 aromatic carbocycles. The summed E-state index contributed by atoms with van der Waals surface area (Å²) in [6.45, 7) is 8.25. The summed E-state index contributed by atoms with van der Waals surface area (Å²) < 4.78 is 0. The van der Waals surface area contributed by atoms with Crippen LogP contribution in [-0.4, -0.2) is 0 Å². The lowest BCUT2D eigenvalue weighted by molar-refractivity contribution is 1.42. The summed E-state index contributed by atoms with van der Waals surface area (Å²) in [5, 5.41) is 0. The second-order valence-corrected chi connectivity index (χ2v) is 3.02. The Hall–Kier alpha value is -1.17. The average molecular weight is 175 g/mol. The zero-order chi connectivity index (χ0) is 10.1. The summed E-state index contributed by atoms with van der Waals surface area (Å²) >= 11 is 0. The molecule has 0 amide bonds. The molecular weight excluding hydrogens is 156 g/mol. The Balaban J connectivity index is 4.29. The van der Waals surface area contributed by atoms with Crippen LogP contribution in [0.5, 0.6) is 0 Å². The van der Waals surface area contributed by atoms with Gasteiger partial charge < -0.3 is 0 Å². The minimum Gasteiger partial charge on any atom is -0.233 e. The Labute approximate surface area is 82.4 Å². The number of allylic oxidation sites excluding steroid dienone is 8. The Morgan fingerprint density at radius 2 is 1.85 bits per heavy atom. The lowest BCUT2D eigenvalue weighted by Gasteiger charge is -1.98. The van der Waals surface area contributed by atoms with E-state index in [1.807, 2.05) is 26.3 Å². The molecule has 0 unspecified atom stereocenters. The monoisotopic (exact) mass is 175 g/mol. The molecule has 0 bridgehead atoms. The molecule has 0 N–H and O–H groups in total. The van der Waals surface area contributed by atoms with Gasteiger partial charge in [-0.15, -0.1) is 12.5 Å². The fourth-order valence-corrected chi connectivity index (χ4v) is 0.951. The molecule has 0 rings (SSSR count). The Kier molecular flexibility index (Phi) is 6.80. The van der Waals surface area contributed by atoms with Gasteiger partial charge in [-0.2, -0.15) is 0 Å². The van der Waals surface area contributed by atoms with E-state index in [2.05, 4.69) is 44.2 Å². The van der Waals surface area contributed by atoms with Crippen molar-refractivity contribution in [3.8, 4) is 0 Å². The normalized spacial score (nSPS) is 14.5. The van der Waals surface area contributed by atoms with E-state index in [0.29, 0.717) is 0 Å². The molecule has 0 fully saturated rings. The lowest BCUT2D eigenvalue weighted by atomic mass is 10.1. The van der Waals surface area contributed by atoms with Gasteiger partial charge in [-0.3, -0.25) is 0 Å². The molecule has 0 heterocycles. The van der Waals surface area contributed by atoms with E-state index in [1.54, 1.807) is 0 Å². The van der Waals surface area contributed by atoms with Gasteiger partial charge in [-0.25, -0.2) is 18.6 Å². The van der Waals surface area contributed by atoms with Crippen molar-refractivity contribution in [2.45, 2.75) is 27.7 Å². The van der Waals surface area contributed by atoms with E-state index in [9.17, 15) is 0 Å². The minimum atomic E-state index is 1.27. The molecule has 0 aromatic rings. The SMILES string of the molecule is C\C=C/C=C(C)/C=C(C)\C=C/[CH-]C. The highest BCUT2D eigenvalue weighted by atomic mass is 13.9. The van der Waals surface area contributed by atoms with Crippen molar-refractivity contribution in [3.63, 3.8) is 0 Å². The first-order valence-corrected chi connectivity index (χ1v) is 4.64. The van der Waals surface area contributed by atoms with E-state index in [-0.39, 0.29) is 0 Å². The van der Waals surface area contributed by atoms with Crippen LogP contribution >= 0.6 is 0 Å². The van der Waals surface area contributed by atoms with Gasteiger partial charge in [0.15, 0.2) is 0 Å². The lowest BCUT2D eigenvalue weighted by Crippen LogP contribution is -1.72. The minimum absolute atomic E-state index is 1.27. The second kappa shape index (κ2) is 7.48. The summed E-state index contributed by atoms with van der Waals surface area (Å²) in [6.07, 6.45) is 14.5. The highest BCUT2D eigenvalue weighted by molar-refractivity contribution is 5.30. The van der Waals surface area contributed by atoms with Crippen molar-refractivity contribution in [2.24, 2.45) is 0 Å². The van der Waals surface area contributed by atoms with Crippen LogP contribution in [0.4, 0.5) is 0 Å². The highest BCUT2D eigenvalue weighted by Gasteiger charge is 1.78. The van der Waals surface area contributed by atoms with E-state index in [0.717, 1.165) is 0 Å². The first kappa shape index (κ1) is 11.8. The smallest absolute Gasteiger partial charge is 0.0398 e. The predicted molar refractivity (Wildman–Crippen MR) is 61.4 cm³/mol. The Morgan fingerprint density at radius 1 is 1.15 bits per heavy atom. The summed E-state index contributed by atoms with van der Waals surface area (Å²) in [4.78, 5) is 0. The zero-order valence-electron chi connectivity index (χ0n) is 9.04. The number of hydrogen-bond donors (Lipinski definition) is 0. The van der Waals surface area contributed by atoms with Crippen molar-refractivity contribution in [1.29, 1.82) is 0 Å². The third-order valence-electron chi connectivity index (χ3n) is 1.56. The maximum Gasteiger partial charge on any atom is -0.0398 e. The summed E-state index contributed by atoms with van der Waals surface area (Å²) in [7, 11) is 0. The standard InChI is InChI=1S/C13H19/c1-5-7-9-12(3)11-13(4)10-8-6-2/h5-11H,1-4H3/q-1/b7-5-,10-8-,12-9+,13-11-. The number of hydrogen-bond acceptors (Lipinski definition) is 0. The van der Waals surface area contributed by atoms with Crippen LogP contribution in [0.3, 0.4) is 0 Å². The fourth-order valence-electron chi connectivity index (χ4n) is 0.951. The first-order valence-electron chi connectivity index (χ1n) is 4.64. The van der Waals surface area contributed by atoms with Gasteiger partial charge >= 0.3 is 0 Å². The van der Waals surface area contributed by atoms with Gasteiger partial charge in [-0.05, 0) is 13.8 Å². The van der Waals surface area contributed by atoms with Crippen LogP contribution < -0.4 is 0 Å². The third-order valence-corrected chi connectivity index (χ3v) is 1.56. The van der Waals surface area contributed by atoms with Crippen molar-refractivity contribution in [3.05, 3.63) is 54.0 Å². The maximum atomic E-state index is 2.17. The molecule has 0 radical (unpaired) electrons. The number of rotatable bonds is 4. The summed E-state index contributed by atoms with van der Waals surface area (Å²) in [5.74, 6) is 0. The molecular formula is C13H19-. The maximum absolute atomic E-state index is 2.17. The van der Waals surface area contributed by atoms with Gasteiger partial charge in [0.1, 0.15) is 0 Å². The molecule has 0 saturated heterocycles. The van der Waals surface area contributed by atoms with Crippen LogP contribution in [0.2, 0.25) is 0 Å². The molecule has 0 aromatic heterocycles. The van der Waals surface area contributed by atoms with E-state index in [1.165, 1.54) is 11.1 Å². The first-order chi connectivity index (χ1) is 6.20. The van der Waals surface area contributed by atoms with Crippen molar-refractivity contribution >= 4 is 0 Å². The molecule has 0 aliphatic heterocycles. The van der Waals surface area contributed by atoms with Gasteiger partial charge in [-0.1, -0.05) is 36.8 Å². The van der Waals surface area contributed by atoms with Gasteiger partial charge in [0, 0.05) is 0 Å². The molecule has 72 valence electrons. The van der Waals surface area contributed by atoms with Gasteiger partial charge in [0.05, 0.1) is 0 Å². The second-order valence-electron chi connectivity index (χ2n) is 3.02. The van der Waals surface area contributed by atoms with Gasteiger partial charge in [0.2, 0.25) is 0 Å². The Bertz CT molecular complexity index is 237. The molecule has 0 saturated carbocycles. The molecule has 13 heavy (non-hydrogen) atoms. The summed E-state index contributed by atoms with van der Waals surface area (Å²) in [5.41, 5.74) is 2.55. The van der Waals surface area contributed by atoms with Gasteiger partial charge in [0.25, 0.3) is 0 Å². The van der Waals surface area contributed by atoms with Crippen LogP contribution in [-0.2, 0) is 0 Å². The molecule has 0 aliphatic carbocycles. The molecule has 0 aliphatic rings. The quantitative estimate of drug-likeness (QED) is 0.443. The zero-order valence-corrected chi connectivity index (χ0v) is 9.04. The van der Waals surface area contributed by atoms with E-state index in [4.69, 9.17) is 0 Å². The van der Waals surface area contributed by atoms with Crippen LogP contribution in [0.1, 0.15) is 27.7 Å². The van der Waals surface area contributed by atoms with E-state index >= 15 is 0 Å². The average Bonchev–Trinajstić information content (AvgIpc) is 2.11. The highest BCUT2D eigenvalue weighted by Crippen LogP contribution is 2.03. The third kappa shape index (κ3) is 7.20.